The first-order valence-corrected chi connectivity index (χ1v) is 2.12. The number of nitrogens with zero attached hydrogens (tertiary/aromatic N) is 3. The van der Waals surface area contributed by atoms with E-state index >= 15 is 0 Å². The zero-order chi connectivity index (χ0) is 6.69. The van der Waals surface area contributed by atoms with Gasteiger partial charge in [0.2, 0.25) is 5.76 Å². The molecule has 0 saturated heterocycles. The molecule has 4 nitrogen and oxygen atoms in total. The molecule has 0 bridgehead atoms. The van der Waals surface area contributed by atoms with Gasteiger partial charge < -0.3 is 4.42 Å². The average molecular weight is 119 g/mol. The monoisotopic (exact) mass is 119 g/mol. The van der Waals surface area contributed by atoms with E-state index in [0.717, 1.165) is 6.39 Å². The summed E-state index contributed by atoms with van der Waals surface area (Å²) in [7, 11) is 0. The normalized spacial score (nSPS) is 7.78. The Balaban J connectivity index is 3.22. The van der Waals surface area contributed by atoms with Crippen LogP contribution in [0.3, 0.4) is 0 Å². The number of oxazole rings is 1. The van der Waals surface area contributed by atoms with Gasteiger partial charge in [-0.1, -0.05) is 0 Å². The van der Waals surface area contributed by atoms with Crippen LogP contribution in [0.1, 0.15) is 11.5 Å². The van der Waals surface area contributed by atoms with Crippen LogP contribution in [-0.2, 0) is 0 Å². The lowest BCUT2D eigenvalue weighted by molar-refractivity contribution is 0.544. The summed E-state index contributed by atoms with van der Waals surface area (Å²) < 4.78 is 4.51. The predicted molar refractivity (Wildman–Crippen MR) is 25.9 cm³/mol. The Bertz CT molecular complexity index is 259. The third kappa shape index (κ3) is 0.731. The van der Waals surface area contributed by atoms with Crippen molar-refractivity contribution in [1.29, 1.82) is 10.5 Å². The molecule has 0 N–H and O–H groups in total. The van der Waals surface area contributed by atoms with Gasteiger partial charge in [0.05, 0.1) is 0 Å². The van der Waals surface area contributed by atoms with Crippen molar-refractivity contribution in [3.63, 3.8) is 0 Å². The summed E-state index contributed by atoms with van der Waals surface area (Å²) in [5.41, 5.74) is 0.0394. The fourth-order valence-corrected chi connectivity index (χ4v) is 0.405. The first-order chi connectivity index (χ1) is 4.38. The number of rotatable bonds is 0. The number of hydrogen-bond donors (Lipinski definition) is 0. The third-order valence-electron chi connectivity index (χ3n) is 0.775. The molecule has 0 radical (unpaired) electrons. The SMILES string of the molecule is N#Cc1ncoc1C#N. The van der Waals surface area contributed by atoms with E-state index in [1.54, 1.807) is 12.1 Å². The van der Waals surface area contributed by atoms with E-state index in [9.17, 15) is 0 Å². The first-order valence-electron chi connectivity index (χ1n) is 2.12. The van der Waals surface area contributed by atoms with E-state index in [1.807, 2.05) is 0 Å². The molecule has 1 aromatic heterocycles. The zero-order valence-corrected chi connectivity index (χ0v) is 4.33. The molecule has 0 saturated carbocycles. The molecule has 0 atom stereocenters. The minimum atomic E-state index is -0.0301. The molecule has 0 amide bonds. The molecule has 0 fully saturated rings. The van der Waals surface area contributed by atoms with Crippen LogP contribution in [0.4, 0.5) is 0 Å². The Morgan fingerprint density at radius 2 is 2.22 bits per heavy atom. The average Bonchev–Trinajstić information content (AvgIpc) is 2.33. The largest absolute Gasteiger partial charge is 0.431 e. The summed E-state index contributed by atoms with van der Waals surface area (Å²) >= 11 is 0. The summed E-state index contributed by atoms with van der Waals surface area (Å²) in [5, 5.41) is 16.4. The summed E-state index contributed by atoms with van der Waals surface area (Å²) in [6.07, 6.45) is 1.07. The highest BCUT2D eigenvalue weighted by atomic mass is 16.3. The van der Waals surface area contributed by atoms with Gasteiger partial charge in [-0.25, -0.2) is 4.98 Å². The van der Waals surface area contributed by atoms with Gasteiger partial charge in [0.1, 0.15) is 12.1 Å². The standard InChI is InChI=1S/C5HN3O/c6-1-4-5(2-7)9-3-8-4/h3H. The van der Waals surface area contributed by atoms with E-state index in [1.165, 1.54) is 0 Å². The molecular weight excluding hydrogens is 118 g/mol. The molecule has 42 valence electrons. The van der Waals surface area contributed by atoms with Gasteiger partial charge in [-0.2, -0.15) is 10.5 Å². The van der Waals surface area contributed by atoms with Crippen molar-refractivity contribution in [3.05, 3.63) is 17.8 Å². The maximum Gasteiger partial charge on any atom is 0.241 e. The molecule has 0 aliphatic rings. The molecule has 0 aliphatic carbocycles. The topological polar surface area (TPSA) is 73.6 Å². The highest BCUT2D eigenvalue weighted by Crippen LogP contribution is 2.00. The molecule has 4 heteroatoms. The minimum Gasteiger partial charge on any atom is -0.431 e. The van der Waals surface area contributed by atoms with Crippen molar-refractivity contribution in [2.45, 2.75) is 0 Å². The van der Waals surface area contributed by atoms with Gasteiger partial charge in [-0.15, -0.1) is 0 Å². The lowest BCUT2D eigenvalue weighted by Gasteiger charge is -1.70. The molecule has 1 aromatic rings. The molecule has 0 unspecified atom stereocenters. The van der Waals surface area contributed by atoms with Crippen LogP contribution in [0, 0.1) is 22.7 Å². The van der Waals surface area contributed by atoms with Gasteiger partial charge >= 0.3 is 0 Å². The quantitative estimate of drug-likeness (QED) is 0.496. The molecular formula is C5HN3O. The highest BCUT2D eigenvalue weighted by Gasteiger charge is 2.03. The predicted octanol–water partition coefficient (Wildman–Crippen LogP) is 0.418. The summed E-state index contributed by atoms with van der Waals surface area (Å²) in [6.45, 7) is 0. The van der Waals surface area contributed by atoms with Crippen molar-refractivity contribution in [3.8, 4) is 12.1 Å². The van der Waals surface area contributed by atoms with Crippen LogP contribution >= 0.6 is 0 Å². The molecule has 1 heterocycles. The molecule has 9 heavy (non-hydrogen) atoms. The summed E-state index contributed by atoms with van der Waals surface area (Å²) in [5.74, 6) is -0.0301. The van der Waals surface area contributed by atoms with E-state index in [4.69, 9.17) is 10.5 Å². The fourth-order valence-electron chi connectivity index (χ4n) is 0.405. The smallest absolute Gasteiger partial charge is 0.241 e. The molecule has 0 aliphatic heterocycles. The Morgan fingerprint density at radius 3 is 2.67 bits per heavy atom. The van der Waals surface area contributed by atoms with Crippen LogP contribution in [0.15, 0.2) is 10.8 Å². The second-order valence-corrected chi connectivity index (χ2v) is 1.25. The second-order valence-electron chi connectivity index (χ2n) is 1.25. The van der Waals surface area contributed by atoms with Crippen LogP contribution in [0.5, 0.6) is 0 Å². The van der Waals surface area contributed by atoms with Crippen LogP contribution in [-0.4, -0.2) is 4.98 Å². The molecule has 1 rings (SSSR count). The van der Waals surface area contributed by atoms with Gasteiger partial charge in [0.15, 0.2) is 12.1 Å². The molecule has 0 aromatic carbocycles. The molecule has 0 spiro atoms. The maximum atomic E-state index is 8.21. The van der Waals surface area contributed by atoms with Crippen LogP contribution in [0.25, 0.3) is 0 Å². The number of hydrogen-bond acceptors (Lipinski definition) is 4. The van der Waals surface area contributed by atoms with Crippen LogP contribution < -0.4 is 0 Å². The maximum absolute atomic E-state index is 8.21. The first kappa shape index (κ1) is 5.33. The number of nitriles is 2. The van der Waals surface area contributed by atoms with E-state index in [-0.39, 0.29) is 11.5 Å². The van der Waals surface area contributed by atoms with Crippen molar-refractivity contribution in [1.82, 2.24) is 4.98 Å². The van der Waals surface area contributed by atoms with Crippen molar-refractivity contribution >= 4 is 0 Å². The zero-order valence-electron chi connectivity index (χ0n) is 4.33. The third-order valence-corrected chi connectivity index (χ3v) is 0.775. The van der Waals surface area contributed by atoms with Crippen molar-refractivity contribution in [2.24, 2.45) is 0 Å². The van der Waals surface area contributed by atoms with Gasteiger partial charge in [0.25, 0.3) is 0 Å². The van der Waals surface area contributed by atoms with Crippen LogP contribution in [0.2, 0.25) is 0 Å². The lowest BCUT2D eigenvalue weighted by Crippen LogP contribution is -1.75. The van der Waals surface area contributed by atoms with Gasteiger partial charge in [0, 0.05) is 0 Å². The van der Waals surface area contributed by atoms with Crippen molar-refractivity contribution in [2.75, 3.05) is 0 Å². The lowest BCUT2D eigenvalue weighted by atomic mass is 10.4. The van der Waals surface area contributed by atoms with E-state index < -0.39 is 0 Å². The summed E-state index contributed by atoms with van der Waals surface area (Å²) in [6, 6.07) is 3.37. The fraction of sp³-hybridized carbons (Fsp3) is 0. The Kier molecular flexibility index (Phi) is 1.17. The highest BCUT2D eigenvalue weighted by molar-refractivity contribution is 5.31. The Hall–Kier alpha value is -1.81. The summed E-state index contributed by atoms with van der Waals surface area (Å²) in [4.78, 5) is 3.46. The van der Waals surface area contributed by atoms with Gasteiger partial charge in [-0.05, 0) is 0 Å². The Morgan fingerprint density at radius 1 is 1.44 bits per heavy atom. The van der Waals surface area contributed by atoms with E-state index in [0.29, 0.717) is 0 Å². The van der Waals surface area contributed by atoms with Crippen molar-refractivity contribution < 1.29 is 4.42 Å². The van der Waals surface area contributed by atoms with Gasteiger partial charge in [-0.3, -0.25) is 0 Å². The Labute approximate surface area is 51.0 Å². The second kappa shape index (κ2) is 1.97. The minimum absolute atomic E-state index is 0.0301. The number of aromatic nitrogens is 1. The van der Waals surface area contributed by atoms with E-state index in [2.05, 4.69) is 9.40 Å².